The molecule has 0 fully saturated rings. The molecule has 21 heavy (non-hydrogen) atoms. The third kappa shape index (κ3) is 4.60. The van der Waals surface area contributed by atoms with Crippen molar-refractivity contribution in [2.45, 2.75) is 40.2 Å². The van der Waals surface area contributed by atoms with Crippen LogP contribution in [0.5, 0.6) is 0 Å². The summed E-state index contributed by atoms with van der Waals surface area (Å²) in [5.41, 5.74) is 4.06. The fourth-order valence-corrected chi connectivity index (χ4v) is 2.87. The highest BCUT2D eigenvalue weighted by Crippen LogP contribution is 2.34. The Balaban J connectivity index is 2.30. The summed E-state index contributed by atoms with van der Waals surface area (Å²) in [6, 6.07) is 17.3. The third-order valence-electron chi connectivity index (χ3n) is 3.62. The van der Waals surface area contributed by atoms with E-state index in [0.29, 0.717) is 6.04 Å². The van der Waals surface area contributed by atoms with E-state index in [1.54, 1.807) is 0 Å². The summed E-state index contributed by atoms with van der Waals surface area (Å²) in [5, 5.41) is 3.73. The minimum Gasteiger partial charge on any atom is -0.378 e. The number of rotatable bonds is 4. The van der Waals surface area contributed by atoms with Crippen molar-refractivity contribution in [3.63, 3.8) is 0 Å². The molecule has 1 unspecified atom stereocenters. The van der Waals surface area contributed by atoms with Crippen LogP contribution in [0.4, 0.5) is 5.69 Å². The van der Waals surface area contributed by atoms with Crippen molar-refractivity contribution in [2.24, 2.45) is 5.41 Å². The van der Waals surface area contributed by atoms with Crippen molar-refractivity contribution in [2.75, 3.05) is 5.32 Å². The molecule has 0 spiro atoms. The van der Waals surface area contributed by atoms with Crippen LogP contribution >= 0.6 is 15.9 Å². The van der Waals surface area contributed by atoms with Crippen molar-refractivity contribution >= 4 is 21.6 Å². The lowest BCUT2D eigenvalue weighted by atomic mass is 9.85. The van der Waals surface area contributed by atoms with E-state index in [1.165, 1.54) is 16.8 Å². The van der Waals surface area contributed by atoms with Gasteiger partial charge in [0.05, 0.1) is 6.04 Å². The molecule has 0 amide bonds. The summed E-state index contributed by atoms with van der Waals surface area (Å²) in [4.78, 5) is 0. The monoisotopic (exact) mass is 345 g/mol. The molecule has 2 aromatic carbocycles. The number of hydrogen-bond acceptors (Lipinski definition) is 1. The quantitative estimate of drug-likeness (QED) is 0.680. The van der Waals surface area contributed by atoms with Crippen LogP contribution < -0.4 is 5.32 Å². The minimum atomic E-state index is 0.271. The number of halogens is 1. The van der Waals surface area contributed by atoms with Gasteiger partial charge in [0.25, 0.3) is 0 Å². The maximum atomic E-state index is 3.73. The molecular weight excluding hydrogens is 322 g/mol. The average molecular weight is 346 g/mol. The number of benzene rings is 2. The first kappa shape index (κ1) is 16.1. The Bertz CT molecular complexity index is 584. The Morgan fingerprint density at radius 1 is 1.00 bits per heavy atom. The van der Waals surface area contributed by atoms with Crippen LogP contribution in [0.15, 0.2) is 53.0 Å². The fraction of sp³-hybridized carbons (Fsp3) is 0.368. The lowest BCUT2D eigenvalue weighted by molar-refractivity contribution is 0.352. The largest absolute Gasteiger partial charge is 0.378 e. The Labute approximate surface area is 136 Å². The first-order chi connectivity index (χ1) is 9.87. The molecule has 2 heteroatoms. The summed E-state index contributed by atoms with van der Waals surface area (Å²) in [6.07, 6.45) is 1.09. The Kier molecular flexibility index (Phi) is 5.10. The number of hydrogen-bond donors (Lipinski definition) is 1. The molecule has 0 aliphatic carbocycles. The van der Waals surface area contributed by atoms with Gasteiger partial charge < -0.3 is 5.32 Å². The molecule has 1 N–H and O–H groups in total. The van der Waals surface area contributed by atoms with Crippen molar-refractivity contribution < 1.29 is 0 Å². The van der Waals surface area contributed by atoms with E-state index in [4.69, 9.17) is 0 Å². The fourth-order valence-electron chi connectivity index (χ4n) is 2.50. The maximum absolute atomic E-state index is 3.73. The second kappa shape index (κ2) is 6.65. The average Bonchev–Trinajstić information content (AvgIpc) is 2.42. The molecule has 0 heterocycles. The van der Waals surface area contributed by atoms with Gasteiger partial charge in [0.2, 0.25) is 0 Å². The van der Waals surface area contributed by atoms with E-state index in [2.05, 4.69) is 97.5 Å². The summed E-state index contributed by atoms with van der Waals surface area (Å²) in [6.45, 7) is 9.01. The van der Waals surface area contributed by atoms with Crippen LogP contribution in [-0.4, -0.2) is 0 Å². The molecule has 1 atom stereocenters. The van der Waals surface area contributed by atoms with E-state index in [0.717, 1.165) is 10.9 Å². The predicted octanol–water partition coefficient (Wildman–Crippen LogP) is 6.35. The lowest BCUT2D eigenvalue weighted by Crippen LogP contribution is -2.19. The van der Waals surface area contributed by atoms with E-state index in [-0.39, 0.29) is 5.41 Å². The molecule has 2 aromatic rings. The van der Waals surface area contributed by atoms with Gasteiger partial charge in [-0.1, -0.05) is 73.1 Å². The van der Waals surface area contributed by atoms with E-state index in [9.17, 15) is 0 Å². The van der Waals surface area contributed by atoms with Crippen molar-refractivity contribution in [1.82, 2.24) is 0 Å². The summed E-state index contributed by atoms with van der Waals surface area (Å²) >= 11 is 3.61. The summed E-state index contributed by atoms with van der Waals surface area (Å²) in [7, 11) is 0. The lowest BCUT2D eigenvalue weighted by Gasteiger charge is -2.28. The van der Waals surface area contributed by atoms with Gasteiger partial charge in [0.15, 0.2) is 0 Å². The Hall–Kier alpha value is -1.28. The van der Waals surface area contributed by atoms with Crippen LogP contribution in [0, 0.1) is 12.3 Å². The zero-order chi connectivity index (χ0) is 15.5. The normalized spacial score (nSPS) is 13.0. The van der Waals surface area contributed by atoms with Gasteiger partial charge >= 0.3 is 0 Å². The molecule has 0 aliphatic rings. The van der Waals surface area contributed by atoms with Crippen LogP contribution in [0.1, 0.15) is 44.4 Å². The predicted molar refractivity (Wildman–Crippen MR) is 95.8 cm³/mol. The van der Waals surface area contributed by atoms with E-state index < -0.39 is 0 Å². The highest BCUT2D eigenvalue weighted by atomic mass is 79.9. The first-order valence-electron chi connectivity index (χ1n) is 7.43. The molecule has 0 saturated carbocycles. The van der Waals surface area contributed by atoms with Gasteiger partial charge in [-0.15, -0.1) is 0 Å². The second-order valence-corrected chi connectivity index (χ2v) is 7.64. The third-order valence-corrected chi connectivity index (χ3v) is 4.47. The molecule has 0 aliphatic heterocycles. The van der Waals surface area contributed by atoms with Gasteiger partial charge in [-0.05, 0) is 42.0 Å². The highest BCUT2D eigenvalue weighted by Gasteiger charge is 2.20. The van der Waals surface area contributed by atoms with Gasteiger partial charge in [-0.3, -0.25) is 0 Å². The van der Waals surface area contributed by atoms with E-state index in [1.807, 2.05) is 0 Å². The molecule has 0 bridgehead atoms. The Morgan fingerprint density at radius 3 is 2.29 bits per heavy atom. The van der Waals surface area contributed by atoms with Crippen LogP contribution in [0.2, 0.25) is 0 Å². The smallest absolute Gasteiger partial charge is 0.0518 e. The van der Waals surface area contributed by atoms with Crippen LogP contribution in [0.25, 0.3) is 0 Å². The molecule has 0 saturated heterocycles. The minimum absolute atomic E-state index is 0.271. The van der Waals surface area contributed by atoms with Gasteiger partial charge in [-0.2, -0.15) is 0 Å². The number of nitrogens with one attached hydrogen (secondary N) is 1. The molecule has 2 rings (SSSR count). The zero-order valence-electron chi connectivity index (χ0n) is 13.3. The standard InChI is InChI=1S/C19H24BrN/c1-14-16(20)11-8-12-17(14)21-18(13-19(2,3)4)15-9-6-5-7-10-15/h5-12,18,21H,13H2,1-4H3. The van der Waals surface area contributed by atoms with Gasteiger partial charge in [-0.25, -0.2) is 0 Å². The van der Waals surface area contributed by atoms with Crippen molar-refractivity contribution in [1.29, 1.82) is 0 Å². The van der Waals surface area contributed by atoms with Gasteiger partial charge in [0, 0.05) is 10.2 Å². The molecule has 0 aromatic heterocycles. The topological polar surface area (TPSA) is 12.0 Å². The van der Waals surface area contributed by atoms with Crippen molar-refractivity contribution in [3.8, 4) is 0 Å². The van der Waals surface area contributed by atoms with E-state index >= 15 is 0 Å². The SMILES string of the molecule is Cc1c(Br)cccc1NC(CC(C)(C)C)c1ccccc1. The zero-order valence-corrected chi connectivity index (χ0v) is 14.9. The number of anilines is 1. The van der Waals surface area contributed by atoms with Gasteiger partial charge in [0.1, 0.15) is 0 Å². The van der Waals surface area contributed by atoms with Crippen molar-refractivity contribution in [3.05, 3.63) is 64.1 Å². The summed E-state index contributed by atoms with van der Waals surface area (Å²) < 4.78 is 1.15. The van der Waals surface area contributed by atoms with Crippen LogP contribution in [-0.2, 0) is 0 Å². The molecule has 1 nitrogen and oxygen atoms in total. The molecule has 0 radical (unpaired) electrons. The molecular formula is C19H24BrN. The Morgan fingerprint density at radius 2 is 1.67 bits per heavy atom. The maximum Gasteiger partial charge on any atom is 0.0518 e. The molecule has 112 valence electrons. The highest BCUT2D eigenvalue weighted by molar-refractivity contribution is 9.10. The summed E-state index contributed by atoms with van der Waals surface area (Å²) in [5.74, 6) is 0. The van der Waals surface area contributed by atoms with Crippen LogP contribution in [0.3, 0.4) is 0 Å². The first-order valence-corrected chi connectivity index (χ1v) is 8.23. The second-order valence-electron chi connectivity index (χ2n) is 6.78.